The van der Waals surface area contributed by atoms with E-state index < -0.39 is 35.8 Å². The van der Waals surface area contributed by atoms with Crippen LogP contribution in [0.15, 0.2) is 12.7 Å². The molecule has 1 heterocycles. The molecular formula is C14H23ClN4O4. The Balaban J connectivity index is 0.00000484. The van der Waals surface area contributed by atoms with Crippen LogP contribution in [-0.2, 0) is 14.4 Å². The maximum Gasteiger partial charge on any atom is 0.335 e. The maximum absolute atomic E-state index is 12.1. The van der Waals surface area contributed by atoms with Crippen LogP contribution in [-0.4, -0.2) is 58.7 Å². The van der Waals surface area contributed by atoms with Crippen LogP contribution in [0.4, 0.5) is 4.79 Å². The standard InChI is InChI=1S/C14H22N4O4.ClH/c1-4-7-17-11(20)12(21)18(13(17)22)8-10(19)16-14(5-2,6-3)9-15;/h4H,1,5-9,15H2,2-3H3,(H,16,19);1H. The first-order valence-corrected chi connectivity index (χ1v) is 7.15. The normalized spacial score (nSPS) is 14.8. The van der Waals surface area contributed by atoms with E-state index in [0.29, 0.717) is 17.7 Å². The molecule has 0 aromatic heterocycles. The minimum absolute atomic E-state index is 0. The fourth-order valence-electron chi connectivity index (χ4n) is 2.23. The average Bonchev–Trinajstić information content (AvgIpc) is 2.71. The molecule has 0 saturated carbocycles. The lowest BCUT2D eigenvalue weighted by Gasteiger charge is -2.31. The Hall–Kier alpha value is -1.93. The van der Waals surface area contributed by atoms with E-state index in [9.17, 15) is 19.2 Å². The minimum Gasteiger partial charge on any atom is -0.348 e. The zero-order valence-electron chi connectivity index (χ0n) is 13.3. The highest BCUT2D eigenvalue weighted by Gasteiger charge is 2.45. The predicted octanol–water partition coefficient (Wildman–Crippen LogP) is 0.0187. The van der Waals surface area contributed by atoms with Gasteiger partial charge in [-0.1, -0.05) is 19.9 Å². The second-order valence-corrected chi connectivity index (χ2v) is 5.12. The van der Waals surface area contributed by atoms with Crippen LogP contribution in [0.5, 0.6) is 0 Å². The SMILES string of the molecule is C=CCN1C(=O)C(=O)N(CC(=O)NC(CC)(CC)CN)C1=O.Cl. The van der Waals surface area contributed by atoms with Gasteiger partial charge in [0.25, 0.3) is 0 Å². The summed E-state index contributed by atoms with van der Waals surface area (Å²) in [6.07, 6.45) is 2.57. The number of halogens is 1. The molecule has 5 amide bonds. The molecule has 130 valence electrons. The van der Waals surface area contributed by atoms with E-state index in [1.54, 1.807) is 0 Å². The summed E-state index contributed by atoms with van der Waals surface area (Å²) in [6, 6.07) is -0.809. The second kappa shape index (κ2) is 8.64. The van der Waals surface area contributed by atoms with E-state index in [1.807, 2.05) is 13.8 Å². The number of imide groups is 2. The summed E-state index contributed by atoms with van der Waals surface area (Å²) in [4.78, 5) is 48.9. The fraction of sp³-hybridized carbons (Fsp3) is 0.571. The largest absolute Gasteiger partial charge is 0.348 e. The average molecular weight is 347 g/mol. The van der Waals surface area contributed by atoms with E-state index in [4.69, 9.17) is 5.73 Å². The van der Waals surface area contributed by atoms with Crippen molar-refractivity contribution < 1.29 is 19.2 Å². The topological polar surface area (TPSA) is 113 Å². The van der Waals surface area contributed by atoms with Gasteiger partial charge in [-0.3, -0.25) is 19.3 Å². The number of hydrogen-bond acceptors (Lipinski definition) is 5. The van der Waals surface area contributed by atoms with Crippen molar-refractivity contribution in [3.05, 3.63) is 12.7 Å². The molecule has 0 unspecified atom stereocenters. The van der Waals surface area contributed by atoms with Crippen LogP contribution in [0.1, 0.15) is 26.7 Å². The lowest BCUT2D eigenvalue weighted by Crippen LogP contribution is -2.55. The van der Waals surface area contributed by atoms with Crippen LogP contribution in [0.2, 0.25) is 0 Å². The number of nitrogens with one attached hydrogen (secondary N) is 1. The smallest absolute Gasteiger partial charge is 0.335 e. The maximum atomic E-state index is 12.1. The molecule has 1 saturated heterocycles. The van der Waals surface area contributed by atoms with Crippen molar-refractivity contribution in [1.82, 2.24) is 15.1 Å². The van der Waals surface area contributed by atoms with Crippen molar-refractivity contribution in [2.45, 2.75) is 32.2 Å². The fourth-order valence-corrected chi connectivity index (χ4v) is 2.23. The van der Waals surface area contributed by atoms with Gasteiger partial charge in [0.2, 0.25) is 5.91 Å². The highest BCUT2D eigenvalue weighted by molar-refractivity contribution is 6.45. The number of amides is 5. The van der Waals surface area contributed by atoms with Crippen LogP contribution in [0.25, 0.3) is 0 Å². The highest BCUT2D eigenvalue weighted by Crippen LogP contribution is 2.15. The number of urea groups is 1. The minimum atomic E-state index is -1.01. The van der Waals surface area contributed by atoms with Gasteiger partial charge in [-0.05, 0) is 12.8 Å². The van der Waals surface area contributed by atoms with E-state index in [1.165, 1.54) is 6.08 Å². The highest BCUT2D eigenvalue weighted by atomic mass is 35.5. The molecule has 1 rings (SSSR count). The number of nitrogens with two attached hydrogens (primary N) is 1. The third-order valence-corrected chi connectivity index (χ3v) is 3.90. The molecule has 0 aromatic rings. The van der Waals surface area contributed by atoms with E-state index >= 15 is 0 Å². The molecule has 0 aliphatic carbocycles. The molecule has 23 heavy (non-hydrogen) atoms. The summed E-state index contributed by atoms with van der Waals surface area (Å²) in [5.74, 6) is -2.48. The van der Waals surface area contributed by atoms with Crippen molar-refractivity contribution in [2.24, 2.45) is 5.73 Å². The molecule has 0 bridgehead atoms. The quantitative estimate of drug-likeness (QED) is 0.365. The molecule has 1 aliphatic heterocycles. The van der Waals surface area contributed by atoms with Gasteiger partial charge in [-0.2, -0.15) is 0 Å². The van der Waals surface area contributed by atoms with E-state index in [2.05, 4.69) is 11.9 Å². The zero-order valence-corrected chi connectivity index (χ0v) is 14.1. The van der Waals surface area contributed by atoms with Crippen LogP contribution in [0, 0.1) is 0 Å². The first-order valence-electron chi connectivity index (χ1n) is 7.15. The molecule has 3 N–H and O–H groups in total. The van der Waals surface area contributed by atoms with Gasteiger partial charge in [0, 0.05) is 13.1 Å². The molecule has 0 atom stereocenters. The van der Waals surface area contributed by atoms with Crippen LogP contribution < -0.4 is 11.1 Å². The molecule has 1 aliphatic rings. The number of carbonyl (C=O) groups is 4. The molecular weight excluding hydrogens is 324 g/mol. The lowest BCUT2D eigenvalue weighted by molar-refractivity contribution is -0.144. The predicted molar refractivity (Wildman–Crippen MR) is 86.8 cm³/mol. The van der Waals surface area contributed by atoms with Gasteiger partial charge in [-0.15, -0.1) is 19.0 Å². The number of nitrogens with zero attached hydrogens (tertiary/aromatic N) is 2. The first kappa shape index (κ1) is 21.1. The Bertz CT molecular complexity index is 497. The number of rotatable bonds is 8. The summed E-state index contributed by atoms with van der Waals surface area (Å²) in [7, 11) is 0. The zero-order chi connectivity index (χ0) is 16.9. The third-order valence-electron chi connectivity index (χ3n) is 3.90. The molecule has 1 fully saturated rings. The van der Waals surface area contributed by atoms with Crippen molar-refractivity contribution in [1.29, 1.82) is 0 Å². The molecule has 0 radical (unpaired) electrons. The van der Waals surface area contributed by atoms with Gasteiger partial charge in [0.15, 0.2) is 0 Å². The van der Waals surface area contributed by atoms with Crippen molar-refractivity contribution in [3.8, 4) is 0 Å². The lowest BCUT2D eigenvalue weighted by atomic mass is 9.93. The van der Waals surface area contributed by atoms with Crippen LogP contribution in [0.3, 0.4) is 0 Å². The van der Waals surface area contributed by atoms with Gasteiger partial charge < -0.3 is 11.1 Å². The van der Waals surface area contributed by atoms with Gasteiger partial charge in [-0.25, -0.2) is 9.69 Å². The summed E-state index contributed by atoms with van der Waals surface area (Å²) in [6.45, 7) is 6.86. The molecule has 8 nitrogen and oxygen atoms in total. The first-order chi connectivity index (χ1) is 10.4. The van der Waals surface area contributed by atoms with Crippen molar-refractivity contribution in [2.75, 3.05) is 19.6 Å². The Morgan fingerprint density at radius 1 is 1.22 bits per heavy atom. The summed E-state index contributed by atoms with van der Waals surface area (Å²) in [5, 5.41) is 2.75. The monoisotopic (exact) mass is 346 g/mol. The van der Waals surface area contributed by atoms with Crippen LogP contribution >= 0.6 is 12.4 Å². The van der Waals surface area contributed by atoms with Crippen molar-refractivity contribution >= 4 is 36.2 Å². The van der Waals surface area contributed by atoms with E-state index in [0.717, 1.165) is 4.90 Å². The van der Waals surface area contributed by atoms with E-state index in [-0.39, 0.29) is 25.5 Å². The summed E-state index contributed by atoms with van der Waals surface area (Å²) in [5.41, 5.74) is 5.11. The summed E-state index contributed by atoms with van der Waals surface area (Å²) >= 11 is 0. The third kappa shape index (κ3) is 4.29. The summed E-state index contributed by atoms with van der Waals surface area (Å²) < 4.78 is 0. The number of carbonyl (C=O) groups excluding carboxylic acids is 4. The second-order valence-electron chi connectivity index (χ2n) is 5.12. The van der Waals surface area contributed by atoms with Gasteiger partial charge in [0.1, 0.15) is 6.54 Å². The molecule has 0 aromatic carbocycles. The number of hydrogen-bond donors (Lipinski definition) is 2. The molecule has 0 spiro atoms. The Labute approximate surface area is 141 Å². The Kier molecular flexibility index (Phi) is 7.91. The van der Waals surface area contributed by atoms with Gasteiger partial charge >= 0.3 is 17.8 Å². The van der Waals surface area contributed by atoms with Crippen molar-refractivity contribution in [3.63, 3.8) is 0 Å². The van der Waals surface area contributed by atoms with Gasteiger partial charge in [0.05, 0.1) is 5.54 Å². The Morgan fingerprint density at radius 2 is 1.74 bits per heavy atom. The molecule has 9 heteroatoms. The Morgan fingerprint density at radius 3 is 2.17 bits per heavy atom.